The van der Waals surface area contributed by atoms with Crippen LogP contribution in [0, 0.1) is 11.7 Å². The highest BCUT2D eigenvalue weighted by atomic mass is 79.9. The minimum Gasteiger partial charge on any atom is -0.354 e. The summed E-state index contributed by atoms with van der Waals surface area (Å²) in [5, 5.41) is 5.17. The molecule has 4 nitrogen and oxygen atoms in total. The van der Waals surface area contributed by atoms with Crippen LogP contribution in [-0.4, -0.2) is 24.9 Å². The van der Waals surface area contributed by atoms with Crippen LogP contribution in [0.25, 0.3) is 0 Å². The van der Waals surface area contributed by atoms with Gasteiger partial charge in [-0.1, -0.05) is 13.8 Å². The van der Waals surface area contributed by atoms with Gasteiger partial charge in [0.1, 0.15) is 5.82 Å². The van der Waals surface area contributed by atoms with Crippen molar-refractivity contribution < 1.29 is 14.0 Å². The summed E-state index contributed by atoms with van der Waals surface area (Å²) in [5.41, 5.74) is 0.290. The molecule has 0 unspecified atom stereocenters. The lowest BCUT2D eigenvalue weighted by atomic mass is 10.2. The summed E-state index contributed by atoms with van der Waals surface area (Å²) < 4.78 is 13.2. The number of hydrogen-bond donors (Lipinski definition) is 2. The highest BCUT2D eigenvalue weighted by molar-refractivity contribution is 9.10. The van der Waals surface area contributed by atoms with Crippen molar-refractivity contribution in [2.45, 2.75) is 13.8 Å². The summed E-state index contributed by atoms with van der Waals surface area (Å²) in [6.45, 7) is 4.42. The Balaban J connectivity index is 2.49. The first-order valence-corrected chi connectivity index (χ1v) is 6.69. The SMILES string of the molecule is CC(C)CNC(=O)CNC(=O)c1ccc(F)cc1Br. The Morgan fingerprint density at radius 2 is 2.00 bits per heavy atom. The average Bonchev–Trinajstić information content (AvgIpc) is 2.33. The van der Waals surface area contributed by atoms with Crippen LogP contribution in [0.1, 0.15) is 24.2 Å². The van der Waals surface area contributed by atoms with Gasteiger partial charge in [-0.2, -0.15) is 0 Å². The van der Waals surface area contributed by atoms with Gasteiger partial charge >= 0.3 is 0 Å². The molecule has 1 rings (SSSR count). The molecule has 2 amide bonds. The zero-order valence-corrected chi connectivity index (χ0v) is 12.4. The highest BCUT2D eigenvalue weighted by Gasteiger charge is 2.12. The Hall–Kier alpha value is -1.43. The maximum absolute atomic E-state index is 12.9. The predicted molar refractivity (Wildman–Crippen MR) is 74.3 cm³/mol. The molecule has 0 radical (unpaired) electrons. The van der Waals surface area contributed by atoms with E-state index in [-0.39, 0.29) is 18.0 Å². The van der Waals surface area contributed by atoms with E-state index in [1.807, 2.05) is 13.8 Å². The highest BCUT2D eigenvalue weighted by Crippen LogP contribution is 2.17. The Kier molecular flexibility index (Phi) is 5.95. The second-order valence-corrected chi connectivity index (χ2v) is 5.36. The second-order valence-electron chi connectivity index (χ2n) is 4.50. The summed E-state index contributed by atoms with van der Waals surface area (Å²) in [6, 6.07) is 3.76. The Morgan fingerprint density at radius 3 is 2.58 bits per heavy atom. The average molecular weight is 331 g/mol. The molecule has 1 aromatic rings. The van der Waals surface area contributed by atoms with Crippen LogP contribution in [0.3, 0.4) is 0 Å². The molecule has 0 aromatic heterocycles. The molecule has 6 heteroatoms. The van der Waals surface area contributed by atoms with E-state index >= 15 is 0 Å². The van der Waals surface area contributed by atoms with Crippen LogP contribution in [0.5, 0.6) is 0 Å². The van der Waals surface area contributed by atoms with E-state index < -0.39 is 11.7 Å². The van der Waals surface area contributed by atoms with Crippen molar-refractivity contribution in [3.63, 3.8) is 0 Å². The van der Waals surface area contributed by atoms with Gasteiger partial charge in [0.2, 0.25) is 5.91 Å². The molecule has 2 N–H and O–H groups in total. The number of halogens is 2. The molecule has 0 aliphatic rings. The van der Waals surface area contributed by atoms with Crippen molar-refractivity contribution in [2.75, 3.05) is 13.1 Å². The van der Waals surface area contributed by atoms with E-state index in [1.54, 1.807) is 0 Å². The second kappa shape index (κ2) is 7.23. The standard InChI is InChI=1S/C13H16BrFN2O2/c1-8(2)6-16-12(18)7-17-13(19)10-4-3-9(15)5-11(10)14/h3-5,8H,6-7H2,1-2H3,(H,16,18)(H,17,19). The molecule has 0 atom stereocenters. The van der Waals surface area contributed by atoms with E-state index in [2.05, 4.69) is 26.6 Å². The minimum atomic E-state index is -0.432. The number of carbonyl (C=O) groups is 2. The van der Waals surface area contributed by atoms with Crippen LogP contribution in [0.15, 0.2) is 22.7 Å². The van der Waals surface area contributed by atoms with Crippen LogP contribution in [-0.2, 0) is 4.79 Å². The van der Waals surface area contributed by atoms with E-state index in [0.29, 0.717) is 16.9 Å². The van der Waals surface area contributed by atoms with Crippen LogP contribution in [0.2, 0.25) is 0 Å². The molecule has 0 aliphatic heterocycles. The Morgan fingerprint density at radius 1 is 1.32 bits per heavy atom. The lowest BCUT2D eigenvalue weighted by molar-refractivity contribution is -0.120. The molecule has 0 saturated heterocycles. The molecular formula is C13H16BrFN2O2. The van der Waals surface area contributed by atoms with Crippen LogP contribution < -0.4 is 10.6 Å². The van der Waals surface area contributed by atoms with Gasteiger partial charge in [-0.15, -0.1) is 0 Å². The lowest BCUT2D eigenvalue weighted by Gasteiger charge is -2.09. The topological polar surface area (TPSA) is 58.2 Å². The van der Waals surface area contributed by atoms with Crippen molar-refractivity contribution in [1.29, 1.82) is 0 Å². The number of nitrogens with one attached hydrogen (secondary N) is 2. The monoisotopic (exact) mass is 330 g/mol. The normalized spacial score (nSPS) is 10.4. The third-order valence-electron chi connectivity index (χ3n) is 2.29. The molecule has 0 fully saturated rings. The third-order valence-corrected chi connectivity index (χ3v) is 2.95. The quantitative estimate of drug-likeness (QED) is 0.868. The Bertz CT molecular complexity index is 478. The van der Waals surface area contributed by atoms with E-state index in [1.165, 1.54) is 18.2 Å². The minimum absolute atomic E-state index is 0.102. The number of carbonyl (C=O) groups excluding carboxylic acids is 2. The van der Waals surface area contributed by atoms with E-state index in [9.17, 15) is 14.0 Å². The zero-order chi connectivity index (χ0) is 14.4. The smallest absolute Gasteiger partial charge is 0.252 e. The molecular weight excluding hydrogens is 315 g/mol. The van der Waals surface area contributed by atoms with Gasteiger partial charge in [0.15, 0.2) is 0 Å². The molecule has 0 spiro atoms. The van der Waals surface area contributed by atoms with Gasteiger partial charge in [-0.25, -0.2) is 4.39 Å². The Labute approximate surface area is 119 Å². The van der Waals surface area contributed by atoms with Crippen molar-refractivity contribution in [3.8, 4) is 0 Å². The van der Waals surface area contributed by atoms with Crippen LogP contribution >= 0.6 is 15.9 Å². The maximum Gasteiger partial charge on any atom is 0.252 e. The molecule has 104 valence electrons. The predicted octanol–water partition coefficient (Wildman–Crippen LogP) is 2.09. The van der Waals surface area contributed by atoms with Crippen LogP contribution in [0.4, 0.5) is 4.39 Å². The van der Waals surface area contributed by atoms with Gasteiger partial charge in [0.05, 0.1) is 12.1 Å². The molecule has 0 bridgehead atoms. The summed E-state index contributed by atoms with van der Waals surface area (Å²) in [6.07, 6.45) is 0. The summed E-state index contributed by atoms with van der Waals surface area (Å²) in [5.74, 6) is -0.754. The lowest BCUT2D eigenvalue weighted by Crippen LogP contribution is -2.38. The molecule has 0 saturated carbocycles. The molecule has 0 aliphatic carbocycles. The van der Waals surface area contributed by atoms with Crippen molar-refractivity contribution >= 4 is 27.7 Å². The largest absolute Gasteiger partial charge is 0.354 e. The molecule has 0 heterocycles. The summed E-state index contributed by atoms with van der Waals surface area (Å²) in [4.78, 5) is 23.2. The fourth-order valence-corrected chi connectivity index (χ4v) is 1.84. The number of benzene rings is 1. The summed E-state index contributed by atoms with van der Waals surface area (Å²) in [7, 11) is 0. The fraction of sp³-hybridized carbons (Fsp3) is 0.385. The fourth-order valence-electron chi connectivity index (χ4n) is 1.31. The van der Waals surface area contributed by atoms with Gasteiger partial charge < -0.3 is 10.6 Å². The van der Waals surface area contributed by atoms with Crippen molar-refractivity contribution in [3.05, 3.63) is 34.1 Å². The number of amides is 2. The van der Waals surface area contributed by atoms with E-state index in [4.69, 9.17) is 0 Å². The first-order chi connectivity index (χ1) is 8.90. The third kappa shape index (κ3) is 5.38. The first-order valence-electron chi connectivity index (χ1n) is 5.90. The summed E-state index contributed by atoms with van der Waals surface area (Å²) >= 11 is 3.10. The van der Waals surface area contributed by atoms with Gasteiger partial charge in [0.25, 0.3) is 5.91 Å². The van der Waals surface area contributed by atoms with E-state index in [0.717, 1.165) is 0 Å². The van der Waals surface area contributed by atoms with Gasteiger partial charge in [-0.05, 0) is 40.0 Å². The van der Waals surface area contributed by atoms with Crippen molar-refractivity contribution in [2.24, 2.45) is 5.92 Å². The maximum atomic E-state index is 12.9. The number of hydrogen-bond acceptors (Lipinski definition) is 2. The number of rotatable bonds is 5. The molecule has 1 aromatic carbocycles. The van der Waals surface area contributed by atoms with Crippen molar-refractivity contribution in [1.82, 2.24) is 10.6 Å². The van der Waals surface area contributed by atoms with Gasteiger partial charge in [-0.3, -0.25) is 9.59 Å². The zero-order valence-electron chi connectivity index (χ0n) is 10.8. The molecule has 19 heavy (non-hydrogen) atoms. The first kappa shape index (κ1) is 15.6. The van der Waals surface area contributed by atoms with Gasteiger partial charge in [0, 0.05) is 11.0 Å².